The van der Waals surface area contributed by atoms with E-state index in [0.29, 0.717) is 19.6 Å². The number of benzene rings is 2. The van der Waals surface area contributed by atoms with Crippen molar-refractivity contribution in [2.75, 3.05) is 19.6 Å². The molecule has 3 N–H and O–H groups in total. The number of aromatic hydroxyl groups is 1. The van der Waals surface area contributed by atoms with Crippen LogP contribution in [-0.2, 0) is 4.79 Å². The van der Waals surface area contributed by atoms with E-state index < -0.39 is 12.1 Å². The van der Waals surface area contributed by atoms with Crippen LogP contribution in [0.15, 0.2) is 54.6 Å². The number of β-amino-alcohol motifs (C(OH)–C–C–N with tert-alkyl or cyclic N) is 1. The molecule has 2 atom stereocenters. The second-order valence-corrected chi connectivity index (χ2v) is 5.71. The van der Waals surface area contributed by atoms with Crippen LogP contribution in [0.3, 0.4) is 0 Å². The van der Waals surface area contributed by atoms with E-state index in [1.807, 2.05) is 41.3 Å². The molecule has 2 unspecified atom stereocenters. The first kappa shape index (κ1) is 15.5. The van der Waals surface area contributed by atoms with Gasteiger partial charge in [-0.3, -0.25) is 9.69 Å². The maximum absolute atomic E-state index is 12.3. The van der Waals surface area contributed by atoms with Crippen LogP contribution >= 0.6 is 0 Å². The number of hydrogen-bond acceptors (Lipinski definition) is 4. The number of carbonyl (C=O) groups excluding carboxylic acids is 1. The first-order valence-corrected chi connectivity index (χ1v) is 7.69. The Hall–Kier alpha value is -2.37. The highest BCUT2D eigenvalue weighted by molar-refractivity contribution is 5.84. The van der Waals surface area contributed by atoms with Crippen molar-refractivity contribution in [1.82, 2.24) is 10.2 Å². The van der Waals surface area contributed by atoms with Crippen LogP contribution in [0.2, 0.25) is 0 Å². The highest BCUT2D eigenvalue weighted by Crippen LogP contribution is 2.28. The third-order valence-electron chi connectivity index (χ3n) is 4.09. The minimum absolute atomic E-state index is 0.109. The van der Waals surface area contributed by atoms with E-state index in [0.717, 1.165) is 11.1 Å². The molecule has 1 amide bonds. The summed E-state index contributed by atoms with van der Waals surface area (Å²) in [5.74, 6) is 0.0199. The van der Waals surface area contributed by atoms with Gasteiger partial charge in [0, 0.05) is 19.6 Å². The Morgan fingerprint density at radius 1 is 1.17 bits per heavy atom. The molecule has 1 heterocycles. The fraction of sp³-hybridized carbons (Fsp3) is 0.278. The highest BCUT2D eigenvalue weighted by atomic mass is 16.3. The van der Waals surface area contributed by atoms with Crippen LogP contribution in [-0.4, -0.2) is 40.7 Å². The minimum atomic E-state index is -0.665. The van der Waals surface area contributed by atoms with Crippen molar-refractivity contribution in [2.45, 2.75) is 12.1 Å². The molecule has 1 saturated heterocycles. The molecular formula is C18H20N2O3. The van der Waals surface area contributed by atoms with Gasteiger partial charge in [0.25, 0.3) is 0 Å². The number of piperazine rings is 1. The van der Waals surface area contributed by atoms with E-state index in [9.17, 15) is 15.0 Å². The molecule has 0 aliphatic carbocycles. The quantitative estimate of drug-likeness (QED) is 0.802. The van der Waals surface area contributed by atoms with Crippen LogP contribution in [0, 0.1) is 0 Å². The molecule has 2 aromatic carbocycles. The van der Waals surface area contributed by atoms with E-state index in [1.54, 1.807) is 18.2 Å². The summed E-state index contributed by atoms with van der Waals surface area (Å²) in [5, 5.41) is 23.0. The number of phenolic OH excluding ortho intramolecular Hbond substituents is 1. The van der Waals surface area contributed by atoms with Crippen LogP contribution < -0.4 is 5.32 Å². The molecule has 120 valence electrons. The zero-order valence-corrected chi connectivity index (χ0v) is 12.7. The number of phenols is 1. The SMILES string of the molecule is O=C1NCCN(CC(O)c2ccccc2)C1c1cccc(O)c1. The van der Waals surface area contributed by atoms with Gasteiger partial charge < -0.3 is 15.5 Å². The topological polar surface area (TPSA) is 72.8 Å². The molecule has 5 nitrogen and oxygen atoms in total. The molecule has 2 aromatic rings. The lowest BCUT2D eigenvalue weighted by Gasteiger charge is -2.36. The Kier molecular flexibility index (Phi) is 4.60. The second kappa shape index (κ2) is 6.81. The number of carbonyl (C=O) groups is 1. The van der Waals surface area contributed by atoms with E-state index in [1.165, 1.54) is 0 Å². The molecule has 5 heteroatoms. The maximum atomic E-state index is 12.3. The van der Waals surface area contributed by atoms with Gasteiger partial charge in [-0.15, -0.1) is 0 Å². The summed E-state index contributed by atoms with van der Waals surface area (Å²) in [6, 6.07) is 15.6. The van der Waals surface area contributed by atoms with Gasteiger partial charge >= 0.3 is 0 Å². The second-order valence-electron chi connectivity index (χ2n) is 5.71. The van der Waals surface area contributed by atoms with Gasteiger partial charge in [-0.25, -0.2) is 0 Å². The zero-order valence-electron chi connectivity index (χ0n) is 12.7. The largest absolute Gasteiger partial charge is 0.508 e. The van der Waals surface area contributed by atoms with Crippen molar-refractivity contribution in [3.63, 3.8) is 0 Å². The Balaban J connectivity index is 1.82. The van der Waals surface area contributed by atoms with Crippen molar-refractivity contribution < 1.29 is 15.0 Å². The molecule has 0 bridgehead atoms. The van der Waals surface area contributed by atoms with Crippen LogP contribution in [0.25, 0.3) is 0 Å². The molecule has 0 saturated carbocycles. The van der Waals surface area contributed by atoms with Crippen LogP contribution in [0.5, 0.6) is 5.75 Å². The molecule has 0 radical (unpaired) electrons. The number of nitrogens with one attached hydrogen (secondary N) is 1. The summed E-state index contributed by atoms with van der Waals surface area (Å²) in [4.78, 5) is 14.3. The van der Waals surface area contributed by atoms with E-state index in [4.69, 9.17) is 0 Å². The fourth-order valence-corrected chi connectivity index (χ4v) is 2.97. The van der Waals surface area contributed by atoms with Crippen molar-refractivity contribution >= 4 is 5.91 Å². The molecule has 0 aromatic heterocycles. The summed E-state index contributed by atoms with van der Waals surface area (Å²) in [5.41, 5.74) is 1.55. The molecule has 1 aliphatic rings. The lowest BCUT2D eigenvalue weighted by atomic mass is 10.0. The lowest BCUT2D eigenvalue weighted by Crippen LogP contribution is -2.51. The molecule has 1 fully saturated rings. The Morgan fingerprint density at radius 3 is 2.70 bits per heavy atom. The smallest absolute Gasteiger partial charge is 0.242 e. The normalized spacial score (nSPS) is 20.0. The summed E-state index contributed by atoms with van der Waals surface area (Å²) in [6.45, 7) is 1.56. The monoisotopic (exact) mass is 312 g/mol. The van der Waals surface area contributed by atoms with E-state index in [-0.39, 0.29) is 11.7 Å². The van der Waals surface area contributed by atoms with Gasteiger partial charge in [0.1, 0.15) is 11.8 Å². The summed E-state index contributed by atoms with van der Waals surface area (Å²) in [6.07, 6.45) is -0.665. The fourth-order valence-electron chi connectivity index (χ4n) is 2.97. The van der Waals surface area contributed by atoms with Crippen molar-refractivity contribution in [1.29, 1.82) is 0 Å². The van der Waals surface area contributed by atoms with E-state index in [2.05, 4.69) is 5.32 Å². The number of nitrogens with zero attached hydrogens (tertiary/aromatic N) is 1. The van der Waals surface area contributed by atoms with Gasteiger partial charge in [-0.1, -0.05) is 42.5 Å². The summed E-state index contributed by atoms with van der Waals surface area (Å²) < 4.78 is 0. The molecule has 23 heavy (non-hydrogen) atoms. The predicted molar refractivity (Wildman–Crippen MR) is 86.8 cm³/mol. The number of hydrogen-bond donors (Lipinski definition) is 3. The number of amides is 1. The Bertz CT molecular complexity index is 675. The van der Waals surface area contributed by atoms with Crippen molar-refractivity contribution in [3.8, 4) is 5.75 Å². The molecule has 1 aliphatic heterocycles. The number of aliphatic hydroxyl groups excluding tert-OH is 1. The Labute approximate surface area is 135 Å². The van der Waals surface area contributed by atoms with Crippen molar-refractivity contribution in [3.05, 3.63) is 65.7 Å². The van der Waals surface area contributed by atoms with Gasteiger partial charge in [0.2, 0.25) is 5.91 Å². The zero-order chi connectivity index (χ0) is 16.2. The number of aliphatic hydroxyl groups is 1. The van der Waals surface area contributed by atoms with Crippen LogP contribution in [0.4, 0.5) is 0 Å². The first-order chi connectivity index (χ1) is 11.1. The average Bonchev–Trinajstić information content (AvgIpc) is 2.56. The first-order valence-electron chi connectivity index (χ1n) is 7.69. The van der Waals surface area contributed by atoms with Crippen molar-refractivity contribution in [2.24, 2.45) is 0 Å². The molecular weight excluding hydrogens is 292 g/mol. The van der Waals surface area contributed by atoms with Gasteiger partial charge in [-0.2, -0.15) is 0 Å². The van der Waals surface area contributed by atoms with Gasteiger partial charge in [-0.05, 0) is 23.3 Å². The van der Waals surface area contributed by atoms with Gasteiger partial charge in [0.15, 0.2) is 0 Å². The van der Waals surface area contributed by atoms with E-state index >= 15 is 0 Å². The third-order valence-corrected chi connectivity index (χ3v) is 4.09. The van der Waals surface area contributed by atoms with Crippen LogP contribution in [0.1, 0.15) is 23.3 Å². The lowest BCUT2D eigenvalue weighted by molar-refractivity contribution is -0.130. The summed E-state index contributed by atoms with van der Waals surface area (Å²) in [7, 11) is 0. The molecule has 0 spiro atoms. The highest BCUT2D eigenvalue weighted by Gasteiger charge is 2.32. The predicted octanol–water partition coefficient (Wildman–Crippen LogP) is 1.60. The third kappa shape index (κ3) is 3.52. The minimum Gasteiger partial charge on any atom is -0.508 e. The Morgan fingerprint density at radius 2 is 1.96 bits per heavy atom. The standard InChI is InChI=1S/C18H20N2O3/c21-15-8-4-7-14(11-15)17-18(23)19-9-10-20(17)12-16(22)13-5-2-1-3-6-13/h1-8,11,16-17,21-22H,9-10,12H2,(H,19,23). The van der Waals surface area contributed by atoms with Gasteiger partial charge in [0.05, 0.1) is 6.10 Å². The molecule has 3 rings (SSSR count). The summed E-state index contributed by atoms with van der Waals surface area (Å²) >= 11 is 0. The maximum Gasteiger partial charge on any atom is 0.242 e. The number of rotatable bonds is 4. The average molecular weight is 312 g/mol.